The van der Waals surface area contributed by atoms with Crippen LogP contribution in [0.1, 0.15) is 21.6 Å². The molecule has 2 rings (SSSR count). The van der Waals surface area contributed by atoms with Crippen molar-refractivity contribution < 1.29 is 18.0 Å². The van der Waals surface area contributed by atoms with E-state index in [1.165, 1.54) is 22.9 Å². The molecule has 19 heavy (non-hydrogen) atoms. The molecule has 0 atom stereocenters. The second kappa shape index (κ2) is 4.87. The van der Waals surface area contributed by atoms with Crippen molar-refractivity contribution in [2.24, 2.45) is 7.05 Å². The summed E-state index contributed by atoms with van der Waals surface area (Å²) in [4.78, 5) is 11.9. The van der Waals surface area contributed by atoms with Gasteiger partial charge in [0.15, 0.2) is 5.78 Å². The van der Waals surface area contributed by atoms with Gasteiger partial charge in [0.05, 0.1) is 17.7 Å². The number of alkyl halides is 3. The van der Waals surface area contributed by atoms with Crippen LogP contribution in [-0.4, -0.2) is 15.6 Å². The van der Waals surface area contributed by atoms with E-state index in [2.05, 4.69) is 5.10 Å². The first kappa shape index (κ1) is 13.3. The fraction of sp³-hybridized carbons (Fsp3) is 0.231. The van der Waals surface area contributed by atoms with E-state index in [1.807, 2.05) is 0 Å². The predicted molar refractivity (Wildman–Crippen MR) is 62.7 cm³/mol. The molecule has 0 aliphatic carbocycles. The molecular formula is C13H11F3N2O. The Hall–Kier alpha value is -2.11. The van der Waals surface area contributed by atoms with Crippen LogP contribution in [-0.2, 0) is 19.6 Å². The maximum atomic E-state index is 12.8. The van der Waals surface area contributed by atoms with Crippen molar-refractivity contribution in [1.82, 2.24) is 9.78 Å². The minimum atomic E-state index is -4.53. The first-order valence-electron chi connectivity index (χ1n) is 5.56. The van der Waals surface area contributed by atoms with Crippen LogP contribution < -0.4 is 0 Å². The van der Waals surface area contributed by atoms with Crippen molar-refractivity contribution in [3.8, 4) is 0 Å². The molecule has 0 bridgehead atoms. The summed E-state index contributed by atoms with van der Waals surface area (Å²) in [5.74, 6) is -0.591. The topological polar surface area (TPSA) is 34.9 Å². The number of carbonyl (C=O) groups is 1. The Bertz CT molecular complexity index is 602. The smallest absolute Gasteiger partial charge is 0.294 e. The summed E-state index contributed by atoms with van der Waals surface area (Å²) >= 11 is 0. The highest BCUT2D eigenvalue weighted by Gasteiger charge is 2.34. The van der Waals surface area contributed by atoms with Crippen LogP contribution in [0.15, 0.2) is 36.5 Å². The summed E-state index contributed by atoms with van der Waals surface area (Å²) < 4.78 is 39.8. The van der Waals surface area contributed by atoms with Crippen LogP contribution in [0, 0.1) is 0 Å². The molecule has 2 aromatic rings. The van der Waals surface area contributed by atoms with Crippen molar-refractivity contribution in [2.45, 2.75) is 12.6 Å². The van der Waals surface area contributed by atoms with E-state index in [4.69, 9.17) is 0 Å². The predicted octanol–water partition coefficient (Wildman–Crippen LogP) is 2.86. The van der Waals surface area contributed by atoms with Gasteiger partial charge in [-0.3, -0.25) is 9.48 Å². The summed E-state index contributed by atoms with van der Waals surface area (Å²) in [5, 5.41) is 3.98. The highest BCUT2D eigenvalue weighted by Crippen LogP contribution is 2.32. The van der Waals surface area contributed by atoms with Gasteiger partial charge in [-0.25, -0.2) is 0 Å². The number of rotatable bonds is 3. The van der Waals surface area contributed by atoms with E-state index >= 15 is 0 Å². The zero-order valence-electron chi connectivity index (χ0n) is 10.1. The molecule has 100 valence electrons. The van der Waals surface area contributed by atoms with Crippen molar-refractivity contribution in [1.29, 1.82) is 0 Å². The molecule has 0 spiro atoms. The van der Waals surface area contributed by atoms with Crippen LogP contribution in [0.25, 0.3) is 0 Å². The lowest BCUT2D eigenvalue weighted by Crippen LogP contribution is -2.14. The first-order chi connectivity index (χ1) is 8.88. The van der Waals surface area contributed by atoms with E-state index in [0.717, 1.165) is 6.07 Å². The Labute approximate surface area is 107 Å². The molecule has 0 aliphatic rings. The van der Waals surface area contributed by atoms with Gasteiger partial charge in [0, 0.05) is 18.8 Å². The summed E-state index contributed by atoms with van der Waals surface area (Å²) in [5.41, 5.74) is -0.777. The summed E-state index contributed by atoms with van der Waals surface area (Å²) in [7, 11) is 1.68. The van der Waals surface area contributed by atoms with Crippen LogP contribution >= 0.6 is 0 Å². The Balaban J connectivity index is 2.29. The van der Waals surface area contributed by atoms with Crippen molar-refractivity contribution in [3.63, 3.8) is 0 Å². The van der Waals surface area contributed by atoms with Gasteiger partial charge in [0.25, 0.3) is 0 Å². The molecule has 1 heterocycles. The molecule has 6 heteroatoms. The lowest BCUT2D eigenvalue weighted by atomic mass is 10.0. The van der Waals surface area contributed by atoms with Gasteiger partial charge in [-0.2, -0.15) is 18.3 Å². The fourth-order valence-corrected chi connectivity index (χ4v) is 1.79. The third kappa shape index (κ3) is 3.01. The SMILES string of the molecule is Cn1ccc(CC(=O)c2ccccc2C(F)(F)F)n1. The third-order valence-corrected chi connectivity index (χ3v) is 2.64. The summed E-state index contributed by atoms with van der Waals surface area (Å²) in [6.07, 6.45) is -3.04. The van der Waals surface area contributed by atoms with Gasteiger partial charge in [-0.15, -0.1) is 0 Å². The van der Waals surface area contributed by atoms with Crippen LogP contribution in [0.3, 0.4) is 0 Å². The molecule has 1 aromatic carbocycles. The average molecular weight is 268 g/mol. The molecule has 0 amide bonds. The molecule has 0 aliphatic heterocycles. The van der Waals surface area contributed by atoms with E-state index in [-0.39, 0.29) is 12.0 Å². The van der Waals surface area contributed by atoms with Crippen molar-refractivity contribution in [2.75, 3.05) is 0 Å². The summed E-state index contributed by atoms with van der Waals surface area (Å²) in [6, 6.07) is 6.38. The van der Waals surface area contributed by atoms with Gasteiger partial charge in [0.2, 0.25) is 0 Å². The Morgan fingerprint density at radius 2 is 1.95 bits per heavy atom. The number of aryl methyl sites for hydroxylation is 1. The number of aromatic nitrogens is 2. The van der Waals surface area contributed by atoms with Gasteiger partial charge in [0.1, 0.15) is 0 Å². The number of Topliss-reactive ketones (excluding diaryl/α,β-unsaturated/α-hetero) is 1. The molecule has 0 unspecified atom stereocenters. The molecule has 3 nitrogen and oxygen atoms in total. The molecule has 1 aromatic heterocycles. The van der Waals surface area contributed by atoms with Crippen LogP contribution in [0.2, 0.25) is 0 Å². The lowest BCUT2D eigenvalue weighted by Gasteiger charge is -2.11. The number of halogens is 3. The molecule has 0 fully saturated rings. The van der Waals surface area contributed by atoms with Gasteiger partial charge >= 0.3 is 6.18 Å². The number of carbonyl (C=O) groups excluding carboxylic acids is 1. The lowest BCUT2D eigenvalue weighted by molar-refractivity contribution is -0.137. The second-order valence-electron chi connectivity index (χ2n) is 4.12. The number of benzene rings is 1. The number of nitrogens with zero attached hydrogens (tertiary/aromatic N) is 2. The first-order valence-corrected chi connectivity index (χ1v) is 5.56. The largest absolute Gasteiger partial charge is 0.417 e. The quantitative estimate of drug-likeness (QED) is 0.802. The number of hydrogen-bond donors (Lipinski definition) is 0. The maximum Gasteiger partial charge on any atom is 0.417 e. The van der Waals surface area contributed by atoms with Gasteiger partial charge in [-0.05, 0) is 12.1 Å². The van der Waals surface area contributed by atoms with Gasteiger partial charge in [-0.1, -0.05) is 18.2 Å². The van der Waals surface area contributed by atoms with Crippen molar-refractivity contribution >= 4 is 5.78 Å². The zero-order valence-corrected chi connectivity index (χ0v) is 10.1. The monoisotopic (exact) mass is 268 g/mol. The maximum absolute atomic E-state index is 12.8. The summed E-state index contributed by atoms with van der Waals surface area (Å²) in [6.45, 7) is 0. The van der Waals surface area contributed by atoms with E-state index in [1.54, 1.807) is 19.3 Å². The molecule has 0 saturated carbocycles. The number of hydrogen-bond acceptors (Lipinski definition) is 2. The highest BCUT2D eigenvalue weighted by atomic mass is 19.4. The normalized spacial score (nSPS) is 11.6. The van der Waals surface area contributed by atoms with E-state index < -0.39 is 17.5 Å². The van der Waals surface area contributed by atoms with Crippen LogP contribution in [0.4, 0.5) is 13.2 Å². The zero-order chi connectivity index (χ0) is 14.0. The Morgan fingerprint density at radius 3 is 2.53 bits per heavy atom. The fourth-order valence-electron chi connectivity index (χ4n) is 1.79. The van der Waals surface area contributed by atoms with Crippen molar-refractivity contribution in [3.05, 3.63) is 53.3 Å². The second-order valence-corrected chi connectivity index (χ2v) is 4.12. The number of ketones is 1. The third-order valence-electron chi connectivity index (χ3n) is 2.64. The van der Waals surface area contributed by atoms with E-state index in [9.17, 15) is 18.0 Å². The standard InChI is InChI=1S/C13H11F3N2O/c1-18-7-6-9(17-18)8-12(19)10-4-2-3-5-11(10)13(14,15)16/h2-7H,8H2,1H3. The minimum Gasteiger partial charge on any atom is -0.294 e. The molecule has 0 N–H and O–H groups in total. The molecule has 0 radical (unpaired) electrons. The Morgan fingerprint density at radius 1 is 1.26 bits per heavy atom. The van der Waals surface area contributed by atoms with Gasteiger partial charge < -0.3 is 0 Å². The average Bonchev–Trinajstić information content (AvgIpc) is 2.73. The molecular weight excluding hydrogens is 257 g/mol. The van der Waals surface area contributed by atoms with Crippen LogP contribution in [0.5, 0.6) is 0 Å². The molecule has 0 saturated heterocycles. The van der Waals surface area contributed by atoms with E-state index in [0.29, 0.717) is 5.69 Å². The Kier molecular flexibility index (Phi) is 3.42. The minimum absolute atomic E-state index is 0.145. The highest BCUT2D eigenvalue weighted by molar-refractivity contribution is 5.98.